The summed E-state index contributed by atoms with van der Waals surface area (Å²) in [7, 11) is 0. The summed E-state index contributed by atoms with van der Waals surface area (Å²) in [5.74, 6) is -0.367. The van der Waals surface area contributed by atoms with Crippen LogP contribution in [0.2, 0.25) is 0 Å². The van der Waals surface area contributed by atoms with Crippen LogP contribution in [-0.4, -0.2) is 25.6 Å². The molecular formula is C13H19F2N3. The molecule has 5 heteroatoms. The Kier molecular flexibility index (Phi) is 6.11. The zero-order valence-corrected chi connectivity index (χ0v) is 10.8. The normalized spacial score (nSPS) is 10.0. The molecule has 0 aliphatic carbocycles. The molecule has 18 heavy (non-hydrogen) atoms. The molecular weight excluding hydrogens is 236 g/mol. The Morgan fingerprint density at radius 3 is 2.17 bits per heavy atom. The molecule has 0 aromatic heterocycles. The second-order valence-corrected chi connectivity index (χ2v) is 3.74. The SMILES string of the molecule is CCNC(=NCCc1c(F)cccc1F)NCC. The van der Waals surface area contributed by atoms with Crippen LogP contribution in [0.3, 0.4) is 0 Å². The van der Waals surface area contributed by atoms with Crippen molar-refractivity contribution >= 4 is 5.96 Å². The smallest absolute Gasteiger partial charge is 0.191 e. The number of guanidine groups is 1. The van der Waals surface area contributed by atoms with Gasteiger partial charge < -0.3 is 10.6 Å². The fourth-order valence-corrected chi connectivity index (χ4v) is 1.56. The van der Waals surface area contributed by atoms with Gasteiger partial charge in [0.05, 0.1) is 0 Å². The Bertz CT molecular complexity index is 377. The van der Waals surface area contributed by atoms with Gasteiger partial charge in [0.15, 0.2) is 5.96 Å². The maximum absolute atomic E-state index is 13.4. The van der Waals surface area contributed by atoms with Crippen LogP contribution in [0.5, 0.6) is 0 Å². The van der Waals surface area contributed by atoms with E-state index in [2.05, 4.69) is 15.6 Å². The predicted octanol–water partition coefficient (Wildman–Crippen LogP) is 2.08. The van der Waals surface area contributed by atoms with Crippen LogP contribution in [0.4, 0.5) is 8.78 Å². The van der Waals surface area contributed by atoms with Crippen molar-refractivity contribution in [2.75, 3.05) is 19.6 Å². The van der Waals surface area contributed by atoms with Gasteiger partial charge in [0.1, 0.15) is 11.6 Å². The Balaban J connectivity index is 2.61. The van der Waals surface area contributed by atoms with Crippen molar-refractivity contribution in [2.45, 2.75) is 20.3 Å². The minimum absolute atomic E-state index is 0.0913. The minimum atomic E-state index is -0.515. The average molecular weight is 255 g/mol. The van der Waals surface area contributed by atoms with Crippen molar-refractivity contribution in [1.29, 1.82) is 0 Å². The van der Waals surface area contributed by atoms with Gasteiger partial charge in [-0.05, 0) is 32.4 Å². The van der Waals surface area contributed by atoms with Crippen molar-refractivity contribution in [3.05, 3.63) is 35.4 Å². The lowest BCUT2D eigenvalue weighted by atomic mass is 10.1. The maximum Gasteiger partial charge on any atom is 0.191 e. The molecule has 0 heterocycles. The van der Waals surface area contributed by atoms with E-state index >= 15 is 0 Å². The zero-order valence-electron chi connectivity index (χ0n) is 10.8. The van der Waals surface area contributed by atoms with Crippen molar-refractivity contribution in [2.24, 2.45) is 4.99 Å². The fourth-order valence-electron chi connectivity index (χ4n) is 1.56. The van der Waals surface area contributed by atoms with Crippen LogP contribution < -0.4 is 10.6 Å². The van der Waals surface area contributed by atoms with Gasteiger partial charge in [-0.1, -0.05) is 6.07 Å². The number of rotatable bonds is 5. The van der Waals surface area contributed by atoms with E-state index in [-0.39, 0.29) is 12.0 Å². The Morgan fingerprint density at radius 2 is 1.67 bits per heavy atom. The summed E-state index contributed by atoms with van der Waals surface area (Å²) in [6.45, 7) is 5.76. The molecule has 0 aliphatic rings. The van der Waals surface area contributed by atoms with Crippen LogP contribution in [0.25, 0.3) is 0 Å². The molecule has 0 fully saturated rings. The highest BCUT2D eigenvalue weighted by atomic mass is 19.1. The average Bonchev–Trinajstić information content (AvgIpc) is 2.33. The molecule has 0 saturated heterocycles. The molecule has 1 aromatic carbocycles. The molecule has 100 valence electrons. The maximum atomic E-state index is 13.4. The molecule has 1 aromatic rings. The Hall–Kier alpha value is -1.65. The number of hydrogen-bond donors (Lipinski definition) is 2. The topological polar surface area (TPSA) is 36.4 Å². The van der Waals surface area contributed by atoms with Crippen LogP contribution in [0, 0.1) is 11.6 Å². The standard InChI is InChI=1S/C13H19F2N3/c1-3-16-13(17-4-2)18-9-8-10-11(14)6-5-7-12(10)15/h5-7H,3-4,8-9H2,1-2H3,(H2,16,17,18). The summed E-state index contributed by atoms with van der Waals surface area (Å²) in [5.41, 5.74) is 0.0913. The van der Waals surface area contributed by atoms with E-state index in [0.29, 0.717) is 12.5 Å². The van der Waals surface area contributed by atoms with E-state index in [1.807, 2.05) is 13.8 Å². The Labute approximate surface area is 106 Å². The first kappa shape index (κ1) is 14.4. The number of nitrogens with zero attached hydrogens (tertiary/aromatic N) is 1. The second-order valence-electron chi connectivity index (χ2n) is 3.74. The van der Waals surface area contributed by atoms with Gasteiger partial charge >= 0.3 is 0 Å². The molecule has 2 N–H and O–H groups in total. The molecule has 0 bridgehead atoms. The molecule has 1 rings (SSSR count). The first-order chi connectivity index (χ1) is 8.69. The number of nitrogens with one attached hydrogen (secondary N) is 2. The highest BCUT2D eigenvalue weighted by molar-refractivity contribution is 5.79. The van der Waals surface area contributed by atoms with E-state index in [1.165, 1.54) is 18.2 Å². The van der Waals surface area contributed by atoms with Gasteiger partial charge in [-0.2, -0.15) is 0 Å². The lowest BCUT2D eigenvalue weighted by Crippen LogP contribution is -2.37. The third kappa shape index (κ3) is 4.31. The Morgan fingerprint density at radius 1 is 1.11 bits per heavy atom. The van der Waals surface area contributed by atoms with Gasteiger partial charge in [-0.25, -0.2) is 8.78 Å². The van der Waals surface area contributed by atoms with Crippen molar-refractivity contribution in [1.82, 2.24) is 10.6 Å². The van der Waals surface area contributed by atoms with Gasteiger partial charge in [0, 0.05) is 25.2 Å². The van der Waals surface area contributed by atoms with Crippen molar-refractivity contribution in [3.8, 4) is 0 Å². The molecule has 0 spiro atoms. The predicted molar refractivity (Wildman–Crippen MR) is 69.7 cm³/mol. The summed E-state index contributed by atoms with van der Waals surface area (Å²) in [4.78, 5) is 4.24. The van der Waals surface area contributed by atoms with Crippen molar-refractivity contribution in [3.63, 3.8) is 0 Å². The summed E-state index contributed by atoms with van der Waals surface area (Å²) in [5, 5.41) is 6.10. The monoisotopic (exact) mass is 255 g/mol. The van der Waals surface area contributed by atoms with Crippen molar-refractivity contribution < 1.29 is 8.78 Å². The summed E-state index contributed by atoms with van der Waals surface area (Å²) >= 11 is 0. The number of benzene rings is 1. The molecule has 0 atom stereocenters. The van der Waals surface area contributed by atoms with Gasteiger partial charge in [0.25, 0.3) is 0 Å². The first-order valence-corrected chi connectivity index (χ1v) is 6.14. The van der Waals surface area contributed by atoms with Crippen LogP contribution in [-0.2, 0) is 6.42 Å². The largest absolute Gasteiger partial charge is 0.357 e. The summed E-state index contributed by atoms with van der Waals surface area (Å²) < 4.78 is 26.7. The molecule has 0 radical (unpaired) electrons. The second kappa shape index (κ2) is 7.63. The van der Waals surface area contributed by atoms with Crippen LogP contribution in [0.15, 0.2) is 23.2 Å². The zero-order chi connectivity index (χ0) is 13.4. The van der Waals surface area contributed by atoms with Gasteiger partial charge in [0.2, 0.25) is 0 Å². The third-order valence-electron chi connectivity index (χ3n) is 2.38. The minimum Gasteiger partial charge on any atom is -0.357 e. The molecule has 0 amide bonds. The number of aliphatic imine (C=N–C) groups is 1. The van der Waals surface area contributed by atoms with E-state index in [1.54, 1.807) is 0 Å². The summed E-state index contributed by atoms with van der Waals surface area (Å²) in [6.07, 6.45) is 0.249. The molecule has 0 saturated carbocycles. The highest BCUT2D eigenvalue weighted by Gasteiger charge is 2.07. The lowest BCUT2D eigenvalue weighted by molar-refractivity contribution is 0.555. The highest BCUT2D eigenvalue weighted by Crippen LogP contribution is 2.12. The van der Waals surface area contributed by atoms with E-state index in [0.717, 1.165) is 13.1 Å². The molecule has 3 nitrogen and oxygen atoms in total. The van der Waals surface area contributed by atoms with Crippen LogP contribution in [0.1, 0.15) is 19.4 Å². The van der Waals surface area contributed by atoms with E-state index in [4.69, 9.17) is 0 Å². The lowest BCUT2D eigenvalue weighted by Gasteiger charge is -2.09. The first-order valence-electron chi connectivity index (χ1n) is 6.14. The van der Waals surface area contributed by atoms with Gasteiger partial charge in [-0.15, -0.1) is 0 Å². The number of halogens is 2. The van der Waals surface area contributed by atoms with Gasteiger partial charge in [-0.3, -0.25) is 4.99 Å². The molecule has 0 unspecified atom stereocenters. The van der Waals surface area contributed by atoms with Crippen LogP contribution >= 0.6 is 0 Å². The fraction of sp³-hybridized carbons (Fsp3) is 0.462. The third-order valence-corrected chi connectivity index (χ3v) is 2.38. The summed E-state index contributed by atoms with van der Waals surface area (Å²) in [6, 6.07) is 3.88. The molecule has 0 aliphatic heterocycles. The van der Waals surface area contributed by atoms with E-state index < -0.39 is 11.6 Å². The number of hydrogen-bond acceptors (Lipinski definition) is 1. The quantitative estimate of drug-likeness (QED) is 0.624. The van der Waals surface area contributed by atoms with E-state index in [9.17, 15) is 8.78 Å².